The van der Waals surface area contributed by atoms with Crippen molar-refractivity contribution in [2.24, 2.45) is 0 Å². The molecule has 0 aliphatic heterocycles. The summed E-state index contributed by atoms with van der Waals surface area (Å²) in [6.45, 7) is 2.17. The van der Waals surface area contributed by atoms with Gasteiger partial charge in [0.25, 0.3) is 0 Å². The number of hydrogen-bond donors (Lipinski definition) is 0. The monoisotopic (exact) mass is 200 g/mol. The van der Waals surface area contributed by atoms with Crippen LogP contribution in [-0.2, 0) is 0 Å². The van der Waals surface area contributed by atoms with Crippen LogP contribution < -0.4 is 0 Å². The molecule has 0 aliphatic rings. The van der Waals surface area contributed by atoms with E-state index in [1.54, 1.807) is 21.6 Å². The third-order valence-electron chi connectivity index (χ3n) is 0.904. The minimum Gasteiger partial charge on any atom is -0.127 e. The fourth-order valence-corrected chi connectivity index (χ4v) is 0.533. The molecular weight excluding hydrogens is 184 g/mol. The van der Waals surface area contributed by atoms with Crippen LogP contribution in [0.5, 0.6) is 0 Å². The first-order valence-corrected chi connectivity index (χ1v) is 6.96. The lowest BCUT2D eigenvalue weighted by Crippen LogP contribution is -1.70. The first-order valence-electron chi connectivity index (χ1n) is 3.46. The lowest BCUT2D eigenvalue weighted by Gasteiger charge is -1.84. The minimum absolute atomic E-state index is 0.827. The summed E-state index contributed by atoms with van der Waals surface area (Å²) < 4.78 is 0. The average molecular weight is 201 g/mol. The van der Waals surface area contributed by atoms with Gasteiger partial charge in [0.05, 0.1) is 0 Å². The second-order valence-electron chi connectivity index (χ2n) is 1.73. The van der Waals surface area contributed by atoms with Crippen LogP contribution in [0.4, 0.5) is 0 Å². The fraction of sp³-hybridized carbons (Fsp3) is 1.00. The Bertz CT molecular complexity index is 36.6. The summed E-state index contributed by atoms with van der Waals surface area (Å²) in [4.78, 5) is 0. The normalized spacial score (nSPS) is 8.40. The van der Waals surface area contributed by atoms with E-state index in [2.05, 4.69) is 19.4 Å². The second-order valence-corrected chi connectivity index (χ2v) is 4.77. The van der Waals surface area contributed by atoms with Gasteiger partial charge in [0.2, 0.25) is 0 Å². The molecule has 0 radical (unpaired) electrons. The van der Waals surface area contributed by atoms with Crippen molar-refractivity contribution >= 4 is 33.2 Å². The van der Waals surface area contributed by atoms with Crippen molar-refractivity contribution in [3.8, 4) is 0 Å². The van der Waals surface area contributed by atoms with Gasteiger partial charge in [0.1, 0.15) is 0 Å². The highest BCUT2D eigenvalue weighted by atomic mass is 35.5. The van der Waals surface area contributed by atoms with Gasteiger partial charge in [-0.3, -0.25) is 0 Å². The Morgan fingerprint density at radius 2 is 1.60 bits per heavy atom. The Kier molecular flexibility index (Phi) is 22.4. The molecule has 0 spiro atoms. The van der Waals surface area contributed by atoms with Crippen molar-refractivity contribution in [3.05, 3.63) is 0 Å². The predicted octanol–water partition coefficient (Wildman–Crippen LogP) is 4.04. The molecule has 0 heterocycles. The van der Waals surface area contributed by atoms with E-state index in [4.69, 9.17) is 11.6 Å². The molecule has 0 aromatic rings. The summed E-state index contributed by atoms with van der Waals surface area (Å²) in [5, 5.41) is 0. The highest BCUT2D eigenvalue weighted by Gasteiger charge is 1.76. The maximum Gasteiger partial charge on any atom is 0.0223 e. The van der Waals surface area contributed by atoms with E-state index in [0.717, 1.165) is 5.88 Å². The molecule has 0 N–H and O–H groups in total. The second kappa shape index (κ2) is 16.5. The maximum atomic E-state index is 5.38. The highest BCUT2D eigenvalue weighted by molar-refractivity contribution is 8.76. The Balaban J connectivity index is 0. The van der Waals surface area contributed by atoms with Crippen molar-refractivity contribution in [3.63, 3.8) is 0 Å². The van der Waals surface area contributed by atoms with Crippen LogP contribution in [0.2, 0.25) is 0 Å². The van der Waals surface area contributed by atoms with Gasteiger partial charge in [0, 0.05) is 5.88 Å². The van der Waals surface area contributed by atoms with Gasteiger partial charge < -0.3 is 0 Å². The van der Waals surface area contributed by atoms with E-state index >= 15 is 0 Å². The van der Waals surface area contributed by atoms with E-state index in [-0.39, 0.29) is 0 Å². The zero-order chi connectivity index (χ0) is 8.24. The topological polar surface area (TPSA) is 0 Å². The molecule has 0 saturated carbocycles. The van der Waals surface area contributed by atoms with Gasteiger partial charge >= 0.3 is 0 Å². The molecule has 3 heteroatoms. The van der Waals surface area contributed by atoms with Crippen molar-refractivity contribution < 1.29 is 0 Å². The van der Waals surface area contributed by atoms with Crippen molar-refractivity contribution in [1.29, 1.82) is 0 Å². The lowest BCUT2D eigenvalue weighted by molar-refractivity contribution is 0.776. The molecule has 0 bridgehead atoms. The third kappa shape index (κ3) is 23.0. The van der Waals surface area contributed by atoms with Crippen LogP contribution in [0, 0.1) is 0 Å². The summed E-state index contributed by atoms with van der Waals surface area (Å²) >= 11 is 5.38. The summed E-state index contributed by atoms with van der Waals surface area (Å²) in [6.07, 6.45) is 7.85. The number of rotatable bonds is 4. The van der Waals surface area contributed by atoms with Gasteiger partial charge in [0.15, 0.2) is 0 Å². The first-order chi connectivity index (χ1) is 4.83. The SMILES string of the molecule is CCCCCCl.CSSC. The molecule has 0 amide bonds. The molecule has 0 fully saturated rings. The molecular formula is C7H17ClS2. The molecule has 10 heavy (non-hydrogen) atoms. The molecule has 0 nitrogen and oxygen atoms in total. The van der Waals surface area contributed by atoms with Gasteiger partial charge in [-0.2, -0.15) is 0 Å². The van der Waals surface area contributed by atoms with Crippen molar-refractivity contribution in [2.45, 2.75) is 26.2 Å². The highest BCUT2D eigenvalue weighted by Crippen LogP contribution is 2.09. The fourth-order valence-electron chi connectivity index (χ4n) is 0.344. The molecule has 0 saturated heterocycles. The van der Waals surface area contributed by atoms with Crippen LogP contribution in [0.3, 0.4) is 0 Å². The maximum absolute atomic E-state index is 5.38. The predicted molar refractivity (Wildman–Crippen MR) is 57.3 cm³/mol. The molecule has 0 aromatic carbocycles. The number of alkyl halides is 1. The number of hydrogen-bond acceptors (Lipinski definition) is 2. The Hall–Kier alpha value is 0.990. The largest absolute Gasteiger partial charge is 0.127 e. The van der Waals surface area contributed by atoms with Crippen LogP contribution in [0.15, 0.2) is 0 Å². The van der Waals surface area contributed by atoms with E-state index in [9.17, 15) is 0 Å². The van der Waals surface area contributed by atoms with Crippen molar-refractivity contribution in [1.82, 2.24) is 0 Å². The van der Waals surface area contributed by atoms with Gasteiger partial charge in [-0.1, -0.05) is 41.4 Å². The quantitative estimate of drug-likeness (QED) is 0.382. The lowest BCUT2D eigenvalue weighted by atomic mass is 10.3. The standard InChI is InChI=1S/C5H11Cl.C2H6S2/c1-2-3-4-5-6;1-3-4-2/h2-5H2,1H3;1-2H3. The van der Waals surface area contributed by atoms with Crippen molar-refractivity contribution in [2.75, 3.05) is 18.4 Å². The summed E-state index contributed by atoms with van der Waals surface area (Å²) in [5.41, 5.74) is 0. The molecule has 0 rings (SSSR count). The number of unbranched alkanes of at least 4 members (excludes halogenated alkanes) is 2. The number of halogens is 1. The molecule has 0 aromatic heterocycles. The summed E-state index contributed by atoms with van der Waals surface area (Å²) in [5.74, 6) is 0.827. The van der Waals surface area contributed by atoms with Crippen LogP contribution in [-0.4, -0.2) is 18.4 Å². The Morgan fingerprint density at radius 3 is 1.70 bits per heavy atom. The zero-order valence-electron chi connectivity index (χ0n) is 7.02. The third-order valence-corrected chi connectivity index (χ3v) is 2.50. The Labute approximate surface area is 77.9 Å². The summed E-state index contributed by atoms with van der Waals surface area (Å²) in [7, 11) is 3.55. The van der Waals surface area contributed by atoms with Crippen LogP contribution in [0.1, 0.15) is 26.2 Å². The molecule has 0 atom stereocenters. The van der Waals surface area contributed by atoms with Crippen LogP contribution >= 0.6 is 33.2 Å². The molecule has 0 aliphatic carbocycles. The van der Waals surface area contributed by atoms with E-state index < -0.39 is 0 Å². The smallest absolute Gasteiger partial charge is 0.0223 e. The average Bonchev–Trinajstić information content (AvgIpc) is 2.01. The zero-order valence-corrected chi connectivity index (χ0v) is 9.41. The van der Waals surface area contributed by atoms with E-state index in [1.807, 2.05) is 0 Å². The van der Waals surface area contributed by atoms with Crippen LogP contribution in [0.25, 0.3) is 0 Å². The van der Waals surface area contributed by atoms with Gasteiger partial charge in [-0.25, -0.2) is 0 Å². The Morgan fingerprint density at radius 1 is 1.10 bits per heavy atom. The summed E-state index contributed by atoms with van der Waals surface area (Å²) in [6, 6.07) is 0. The minimum atomic E-state index is 0.827. The first kappa shape index (κ1) is 13.6. The van der Waals surface area contributed by atoms with E-state index in [0.29, 0.717) is 0 Å². The van der Waals surface area contributed by atoms with Gasteiger partial charge in [-0.15, -0.1) is 11.6 Å². The molecule has 64 valence electrons. The molecule has 0 unspecified atom stereocenters. The van der Waals surface area contributed by atoms with E-state index in [1.165, 1.54) is 19.3 Å². The van der Waals surface area contributed by atoms with Gasteiger partial charge in [-0.05, 0) is 18.9 Å².